The summed E-state index contributed by atoms with van der Waals surface area (Å²) in [5, 5.41) is 3.16. The quantitative estimate of drug-likeness (QED) is 0.720. The van der Waals surface area contributed by atoms with Crippen molar-refractivity contribution in [3.63, 3.8) is 0 Å². The summed E-state index contributed by atoms with van der Waals surface area (Å²) in [6, 6.07) is 0.704. The van der Waals surface area contributed by atoms with Gasteiger partial charge >= 0.3 is 6.01 Å². The number of hydrogen-bond donors (Lipinski definition) is 2. The number of methoxy groups -OCH3 is 1. The summed E-state index contributed by atoms with van der Waals surface area (Å²) in [6.07, 6.45) is 1.15. The lowest BCUT2D eigenvalue weighted by Crippen LogP contribution is -2.10. The monoisotopic (exact) mass is 195 g/mol. The third kappa shape index (κ3) is 1.84. The highest BCUT2D eigenvalue weighted by atomic mass is 16.5. The van der Waals surface area contributed by atoms with Crippen molar-refractivity contribution in [2.45, 2.75) is 19.4 Å². The molecule has 6 heteroatoms. The summed E-state index contributed by atoms with van der Waals surface area (Å²) in [5.74, 6) is 1.34. The number of hydrogen-bond acceptors (Lipinski definition) is 6. The van der Waals surface area contributed by atoms with Crippen LogP contribution in [-0.4, -0.2) is 28.1 Å². The number of aromatic nitrogens is 3. The van der Waals surface area contributed by atoms with Crippen LogP contribution in [0, 0.1) is 5.92 Å². The molecular formula is C8H13N5O. The van der Waals surface area contributed by atoms with Crippen LogP contribution in [0.15, 0.2) is 0 Å². The highest BCUT2D eigenvalue weighted by molar-refractivity contribution is 5.35. The molecule has 1 fully saturated rings. The van der Waals surface area contributed by atoms with Crippen LogP contribution in [-0.2, 0) is 0 Å². The molecule has 1 aliphatic rings. The molecule has 76 valence electrons. The van der Waals surface area contributed by atoms with E-state index in [0.29, 0.717) is 17.9 Å². The summed E-state index contributed by atoms with van der Waals surface area (Å²) < 4.78 is 4.88. The van der Waals surface area contributed by atoms with E-state index in [9.17, 15) is 0 Å². The molecule has 0 aromatic carbocycles. The van der Waals surface area contributed by atoms with Crippen LogP contribution >= 0.6 is 0 Å². The van der Waals surface area contributed by atoms with Gasteiger partial charge < -0.3 is 15.8 Å². The summed E-state index contributed by atoms with van der Waals surface area (Å²) in [4.78, 5) is 11.8. The fraction of sp³-hybridized carbons (Fsp3) is 0.625. The summed E-state index contributed by atoms with van der Waals surface area (Å²) >= 11 is 0. The Bertz CT molecular complexity index is 343. The van der Waals surface area contributed by atoms with Gasteiger partial charge in [0.2, 0.25) is 11.9 Å². The van der Waals surface area contributed by atoms with Crippen LogP contribution in [0.3, 0.4) is 0 Å². The number of nitrogens with zero attached hydrogens (tertiary/aromatic N) is 3. The molecule has 0 radical (unpaired) electrons. The molecule has 14 heavy (non-hydrogen) atoms. The molecule has 0 spiro atoms. The van der Waals surface area contributed by atoms with E-state index in [-0.39, 0.29) is 12.0 Å². The van der Waals surface area contributed by atoms with E-state index < -0.39 is 0 Å². The van der Waals surface area contributed by atoms with Gasteiger partial charge in [-0.25, -0.2) is 0 Å². The number of ether oxygens (including phenoxy) is 1. The predicted molar refractivity (Wildman–Crippen MR) is 52.0 cm³/mol. The first-order valence-electron chi connectivity index (χ1n) is 4.51. The lowest BCUT2D eigenvalue weighted by atomic mass is 10.5. The largest absolute Gasteiger partial charge is 0.467 e. The van der Waals surface area contributed by atoms with E-state index in [1.807, 2.05) is 0 Å². The zero-order valence-corrected chi connectivity index (χ0v) is 8.19. The average molecular weight is 195 g/mol. The molecular weight excluding hydrogens is 182 g/mol. The fourth-order valence-electron chi connectivity index (χ4n) is 1.22. The Morgan fingerprint density at radius 2 is 2.14 bits per heavy atom. The van der Waals surface area contributed by atoms with E-state index in [2.05, 4.69) is 27.2 Å². The highest BCUT2D eigenvalue weighted by Crippen LogP contribution is 2.31. The zero-order chi connectivity index (χ0) is 10.1. The lowest BCUT2D eigenvalue weighted by molar-refractivity contribution is 0.379. The minimum absolute atomic E-state index is 0.174. The normalized spacial score (nSPS) is 24.4. The van der Waals surface area contributed by atoms with Crippen LogP contribution in [0.5, 0.6) is 6.01 Å². The first kappa shape index (κ1) is 8.98. The molecule has 0 aliphatic heterocycles. The maximum atomic E-state index is 5.48. The molecule has 1 aromatic heterocycles. The highest BCUT2D eigenvalue weighted by Gasteiger charge is 2.33. The Balaban J connectivity index is 2.12. The third-order valence-electron chi connectivity index (χ3n) is 2.24. The van der Waals surface area contributed by atoms with Crippen LogP contribution in [0.2, 0.25) is 0 Å². The molecule has 2 atom stereocenters. The van der Waals surface area contributed by atoms with E-state index in [1.54, 1.807) is 0 Å². The Morgan fingerprint density at radius 3 is 2.71 bits per heavy atom. The first-order valence-corrected chi connectivity index (χ1v) is 4.51. The fourth-order valence-corrected chi connectivity index (χ4v) is 1.22. The SMILES string of the molecule is COc1nc(N)nc(NC2CC2C)n1. The number of rotatable bonds is 3. The predicted octanol–water partition coefficient (Wildman–Crippen LogP) is 0.283. The second kappa shape index (κ2) is 3.28. The standard InChI is InChI=1S/C8H13N5O/c1-4-3-5(4)10-7-11-6(9)12-8(13-7)14-2/h4-5H,3H2,1-2H3,(H3,9,10,11,12,13). The van der Waals surface area contributed by atoms with Gasteiger partial charge in [-0.2, -0.15) is 15.0 Å². The van der Waals surface area contributed by atoms with Gasteiger partial charge in [0.25, 0.3) is 0 Å². The van der Waals surface area contributed by atoms with Crippen molar-refractivity contribution in [3.8, 4) is 6.01 Å². The molecule has 1 saturated carbocycles. The van der Waals surface area contributed by atoms with Gasteiger partial charge in [-0.1, -0.05) is 6.92 Å². The van der Waals surface area contributed by atoms with E-state index in [1.165, 1.54) is 7.11 Å². The topological polar surface area (TPSA) is 86.0 Å². The van der Waals surface area contributed by atoms with Crippen LogP contribution in [0.25, 0.3) is 0 Å². The van der Waals surface area contributed by atoms with Gasteiger partial charge in [0.1, 0.15) is 0 Å². The maximum absolute atomic E-state index is 5.48. The van der Waals surface area contributed by atoms with Gasteiger partial charge in [-0.3, -0.25) is 0 Å². The molecule has 1 aromatic rings. The van der Waals surface area contributed by atoms with E-state index in [4.69, 9.17) is 10.5 Å². The van der Waals surface area contributed by atoms with E-state index >= 15 is 0 Å². The zero-order valence-electron chi connectivity index (χ0n) is 8.19. The van der Waals surface area contributed by atoms with Crippen LogP contribution < -0.4 is 15.8 Å². The Labute approximate surface area is 81.9 Å². The first-order chi connectivity index (χ1) is 6.69. The van der Waals surface area contributed by atoms with Gasteiger partial charge in [0.05, 0.1) is 7.11 Å². The van der Waals surface area contributed by atoms with Crippen molar-refractivity contribution >= 4 is 11.9 Å². The smallest absolute Gasteiger partial charge is 0.322 e. The molecule has 0 saturated heterocycles. The van der Waals surface area contributed by atoms with Gasteiger partial charge in [0.15, 0.2) is 0 Å². The second-order valence-electron chi connectivity index (χ2n) is 3.47. The lowest BCUT2D eigenvalue weighted by Gasteiger charge is -2.04. The summed E-state index contributed by atoms with van der Waals surface area (Å²) in [7, 11) is 1.50. The maximum Gasteiger partial charge on any atom is 0.322 e. The van der Waals surface area contributed by atoms with Gasteiger partial charge in [-0.15, -0.1) is 0 Å². The van der Waals surface area contributed by atoms with Crippen molar-refractivity contribution in [2.75, 3.05) is 18.2 Å². The average Bonchev–Trinajstić information content (AvgIpc) is 2.80. The Kier molecular flexibility index (Phi) is 2.11. The van der Waals surface area contributed by atoms with Gasteiger partial charge in [-0.05, 0) is 12.3 Å². The number of nitrogen functional groups attached to an aromatic ring is 1. The van der Waals surface area contributed by atoms with Crippen molar-refractivity contribution in [2.24, 2.45) is 5.92 Å². The molecule has 2 rings (SSSR count). The minimum Gasteiger partial charge on any atom is -0.467 e. The van der Waals surface area contributed by atoms with Crippen molar-refractivity contribution in [1.29, 1.82) is 0 Å². The second-order valence-corrected chi connectivity index (χ2v) is 3.47. The summed E-state index contributed by atoms with van der Waals surface area (Å²) in [6.45, 7) is 2.17. The Morgan fingerprint density at radius 1 is 1.43 bits per heavy atom. The van der Waals surface area contributed by atoms with E-state index in [0.717, 1.165) is 6.42 Å². The molecule has 1 aliphatic carbocycles. The third-order valence-corrected chi connectivity index (χ3v) is 2.24. The van der Waals surface area contributed by atoms with Crippen molar-refractivity contribution < 1.29 is 4.74 Å². The van der Waals surface area contributed by atoms with Crippen LogP contribution in [0.1, 0.15) is 13.3 Å². The van der Waals surface area contributed by atoms with Crippen LogP contribution in [0.4, 0.5) is 11.9 Å². The number of nitrogens with two attached hydrogens (primary N) is 1. The Hall–Kier alpha value is -1.59. The molecule has 0 bridgehead atoms. The molecule has 0 amide bonds. The van der Waals surface area contributed by atoms with Gasteiger partial charge in [0, 0.05) is 6.04 Å². The number of anilines is 2. The molecule has 6 nitrogen and oxygen atoms in total. The summed E-state index contributed by atoms with van der Waals surface area (Å²) in [5.41, 5.74) is 5.48. The van der Waals surface area contributed by atoms with Crippen molar-refractivity contribution in [3.05, 3.63) is 0 Å². The molecule has 2 unspecified atom stereocenters. The number of nitrogens with one attached hydrogen (secondary N) is 1. The van der Waals surface area contributed by atoms with Crippen molar-refractivity contribution in [1.82, 2.24) is 15.0 Å². The molecule has 1 heterocycles. The minimum atomic E-state index is 0.174. The molecule has 3 N–H and O–H groups in total.